The third-order valence-electron chi connectivity index (χ3n) is 4.91. The van der Waals surface area contributed by atoms with E-state index in [-0.39, 0.29) is 12.4 Å². The van der Waals surface area contributed by atoms with Gasteiger partial charge in [-0.2, -0.15) is 4.68 Å². The number of nitrogens with zero attached hydrogens (tertiary/aromatic N) is 4. The molecule has 0 saturated carbocycles. The van der Waals surface area contributed by atoms with Crippen molar-refractivity contribution in [3.8, 4) is 11.4 Å². The summed E-state index contributed by atoms with van der Waals surface area (Å²) in [6.07, 6.45) is 0.946. The summed E-state index contributed by atoms with van der Waals surface area (Å²) in [5.41, 5.74) is 2.70. The summed E-state index contributed by atoms with van der Waals surface area (Å²) in [6, 6.07) is 20.0. The lowest BCUT2D eigenvalue weighted by atomic mass is 10.2. The zero-order valence-electron chi connectivity index (χ0n) is 18.1. The first-order chi connectivity index (χ1) is 16.6. The molecule has 0 unspecified atom stereocenters. The van der Waals surface area contributed by atoms with Crippen LogP contribution in [0.15, 0.2) is 76.4 Å². The van der Waals surface area contributed by atoms with Gasteiger partial charge in [0.05, 0.1) is 10.7 Å². The van der Waals surface area contributed by atoms with Crippen LogP contribution in [0.4, 0.5) is 4.39 Å². The van der Waals surface area contributed by atoms with Crippen LogP contribution in [0.3, 0.4) is 0 Å². The van der Waals surface area contributed by atoms with Crippen molar-refractivity contribution in [1.82, 2.24) is 25.5 Å². The quantitative estimate of drug-likeness (QED) is 0.177. The van der Waals surface area contributed by atoms with E-state index in [9.17, 15) is 4.39 Å². The summed E-state index contributed by atoms with van der Waals surface area (Å²) >= 11 is 11.3. The maximum Gasteiger partial charge on any atom is 0.214 e. The van der Waals surface area contributed by atoms with Gasteiger partial charge in [-0.3, -0.25) is 0 Å². The Labute approximate surface area is 215 Å². The van der Waals surface area contributed by atoms with Crippen molar-refractivity contribution < 1.29 is 9.13 Å². The average molecular weight is 563 g/mol. The topological polar surface area (TPSA) is 64.9 Å². The van der Waals surface area contributed by atoms with Crippen molar-refractivity contribution in [1.29, 1.82) is 0 Å². The lowest BCUT2D eigenvalue weighted by Gasteiger charge is -2.14. The van der Waals surface area contributed by atoms with Crippen LogP contribution in [0, 0.1) is 5.82 Å². The van der Waals surface area contributed by atoms with Gasteiger partial charge in [-0.05, 0) is 65.9 Å². The molecule has 3 aromatic carbocycles. The number of para-hydroxylation sites is 1. The van der Waals surface area contributed by atoms with Crippen molar-refractivity contribution in [2.24, 2.45) is 0 Å². The molecule has 0 atom stereocenters. The number of rotatable bonds is 11. The molecule has 0 aliphatic heterocycles. The number of nitrogens with one attached hydrogen (secondary N) is 1. The second-order valence-corrected chi connectivity index (χ2v) is 9.75. The predicted octanol–water partition coefficient (Wildman–Crippen LogP) is 6.07. The molecule has 0 fully saturated rings. The molecule has 0 aliphatic rings. The van der Waals surface area contributed by atoms with Gasteiger partial charge in [0, 0.05) is 27.9 Å². The molecule has 1 aromatic heterocycles. The number of tetrazole rings is 1. The molecule has 6 nitrogen and oxygen atoms in total. The molecule has 34 heavy (non-hydrogen) atoms. The fraction of sp³-hybridized carbons (Fsp3) is 0.208. The Morgan fingerprint density at radius 2 is 1.91 bits per heavy atom. The number of hydrogen-bond acceptors (Lipinski definition) is 6. The van der Waals surface area contributed by atoms with Gasteiger partial charge in [0.1, 0.15) is 18.2 Å². The smallest absolute Gasteiger partial charge is 0.214 e. The largest absolute Gasteiger partial charge is 0.489 e. The Hall–Kier alpha value is -2.46. The van der Waals surface area contributed by atoms with Gasteiger partial charge in [-0.15, -0.1) is 5.10 Å². The number of aromatic nitrogens is 4. The van der Waals surface area contributed by atoms with Crippen LogP contribution < -0.4 is 10.1 Å². The van der Waals surface area contributed by atoms with Gasteiger partial charge >= 0.3 is 0 Å². The zero-order chi connectivity index (χ0) is 23.8. The number of hydrogen-bond donors (Lipinski definition) is 1. The predicted molar refractivity (Wildman–Crippen MR) is 136 cm³/mol. The Morgan fingerprint density at radius 1 is 1.06 bits per heavy atom. The van der Waals surface area contributed by atoms with E-state index in [1.54, 1.807) is 22.5 Å². The first-order valence-electron chi connectivity index (χ1n) is 10.6. The molecular weight excluding hydrogens is 541 g/mol. The second kappa shape index (κ2) is 12.3. The van der Waals surface area contributed by atoms with Crippen LogP contribution in [0.1, 0.15) is 17.5 Å². The molecule has 4 rings (SSSR count). The summed E-state index contributed by atoms with van der Waals surface area (Å²) in [4.78, 5) is 0. The molecule has 0 bridgehead atoms. The van der Waals surface area contributed by atoms with E-state index < -0.39 is 0 Å². The average Bonchev–Trinajstić information content (AvgIpc) is 3.31. The first kappa shape index (κ1) is 24.7. The highest BCUT2D eigenvalue weighted by atomic mass is 79.9. The Bertz CT molecular complexity index is 1230. The van der Waals surface area contributed by atoms with E-state index in [1.807, 2.05) is 48.5 Å². The van der Waals surface area contributed by atoms with Gasteiger partial charge in [-0.1, -0.05) is 63.6 Å². The highest BCUT2D eigenvalue weighted by Gasteiger charge is 2.10. The van der Waals surface area contributed by atoms with E-state index in [1.165, 1.54) is 12.1 Å². The van der Waals surface area contributed by atoms with Gasteiger partial charge in [0.2, 0.25) is 5.16 Å². The molecule has 0 aliphatic carbocycles. The standard InChI is InChI=1S/C24H22BrClFN5OS/c25-19-8-10-23(33-16-17-7-9-20(27)14-22(17)26)18(13-19)15-28-11-4-12-34-24-29-30-31-32(24)21-5-2-1-3-6-21/h1-3,5-10,13-14,28H,4,11-12,15-16H2. The van der Waals surface area contributed by atoms with E-state index in [0.717, 1.165) is 50.9 Å². The summed E-state index contributed by atoms with van der Waals surface area (Å²) < 4.78 is 22.0. The van der Waals surface area contributed by atoms with E-state index in [2.05, 4.69) is 36.8 Å². The van der Waals surface area contributed by atoms with E-state index >= 15 is 0 Å². The number of benzene rings is 3. The minimum Gasteiger partial charge on any atom is -0.489 e. The van der Waals surface area contributed by atoms with Gasteiger partial charge in [-0.25, -0.2) is 4.39 Å². The molecule has 0 spiro atoms. The van der Waals surface area contributed by atoms with E-state index in [0.29, 0.717) is 11.6 Å². The molecule has 176 valence electrons. The van der Waals surface area contributed by atoms with Crippen LogP contribution >= 0.6 is 39.3 Å². The molecule has 0 amide bonds. The number of thioether (sulfide) groups is 1. The molecule has 1 heterocycles. The minimum absolute atomic E-state index is 0.264. The summed E-state index contributed by atoms with van der Waals surface area (Å²) in [5, 5.41) is 16.6. The number of ether oxygens (including phenoxy) is 1. The monoisotopic (exact) mass is 561 g/mol. The molecule has 10 heteroatoms. The van der Waals surface area contributed by atoms with Gasteiger partial charge < -0.3 is 10.1 Å². The molecule has 4 aromatic rings. The Kier molecular flexibility index (Phi) is 8.92. The first-order valence-corrected chi connectivity index (χ1v) is 12.8. The Balaban J connectivity index is 1.25. The van der Waals surface area contributed by atoms with E-state index in [4.69, 9.17) is 16.3 Å². The van der Waals surface area contributed by atoms with Crippen molar-refractivity contribution in [3.05, 3.63) is 93.2 Å². The molecule has 1 N–H and O–H groups in total. The Morgan fingerprint density at radius 3 is 2.74 bits per heavy atom. The molecule has 0 saturated heterocycles. The van der Waals surface area contributed by atoms with Crippen LogP contribution in [-0.4, -0.2) is 32.5 Å². The third kappa shape index (κ3) is 6.79. The summed E-state index contributed by atoms with van der Waals surface area (Å²) in [7, 11) is 0. The highest BCUT2D eigenvalue weighted by Crippen LogP contribution is 2.26. The van der Waals surface area contributed by atoms with Gasteiger partial charge in [0.15, 0.2) is 0 Å². The number of halogens is 3. The normalized spacial score (nSPS) is 11.0. The lowest BCUT2D eigenvalue weighted by Crippen LogP contribution is -2.16. The van der Waals surface area contributed by atoms with Crippen molar-refractivity contribution in [3.63, 3.8) is 0 Å². The fourth-order valence-electron chi connectivity index (χ4n) is 3.21. The highest BCUT2D eigenvalue weighted by molar-refractivity contribution is 9.10. The second-order valence-electron chi connectivity index (χ2n) is 7.36. The van der Waals surface area contributed by atoms with Crippen molar-refractivity contribution in [2.75, 3.05) is 12.3 Å². The van der Waals surface area contributed by atoms with Crippen molar-refractivity contribution in [2.45, 2.75) is 24.7 Å². The zero-order valence-corrected chi connectivity index (χ0v) is 21.3. The van der Waals surface area contributed by atoms with Crippen LogP contribution in [0.2, 0.25) is 5.02 Å². The summed E-state index contributed by atoms with van der Waals surface area (Å²) in [6.45, 7) is 1.74. The molecular formula is C24H22BrClFN5OS. The lowest BCUT2D eigenvalue weighted by molar-refractivity contribution is 0.302. The third-order valence-corrected chi connectivity index (χ3v) is 6.76. The fourth-order valence-corrected chi connectivity index (χ4v) is 4.67. The van der Waals surface area contributed by atoms with Crippen LogP contribution in [0.25, 0.3) is 5.69 Å². The van der Waals surface area contributed by atoms with Gasteiger partial charge in [0.25, 0.3) is 0 Å². The maximum atomic E-state index is 13.3. The molecule has 0 radical (unpaired) electrons. The van der Waals surface area contributed by atoms with Crippen LogP contribution in [0.5, 0.6) is 5.75 Å². The van der Waals surface area contributed by atoms with Crippen LogP contribution in [-0.2, 0) is 13.2 Å². The SMILES string of the molecule is Fc1ccc(COc2ccc(Br)cc2CNCCCSc2nnnn2-c2ccccc2)c(Cl)c1. The summed E-state index contributed by atoms with van der Waals surface area (Å²) in [5.74, 6) is 1.27. The van der Waals surface area contributed by atoms with Crippen molar-refractivity contribution >= 4 is 39.3 Å². The maximum absolute atomic E-state index is 13.3. The minimum atomic E-state index is -0.364.